The van der Waals surface area contributed by atoms with Gasteiger partial charge in [-0.25, -0.2) is 0 Å². The molecule has 0 radical (unpaired) electrons. The molecule has 0 saturated heterocycles. The van der Waals surface area contributed by atoms with Gasteiger partial charge in [0.15, 0.2) is 0 Å². The molecule has 5 heavy (non-hydrogen) atoms. The Morgan fingerprint density at radius 2 is 3.20 bits per heavy atom. The van der Waals surface area contributed by atoms with Crippen molar-refractivity contribution in [2.75, 3.05) is 20.1 Å². The number of ether oxygens (including phenoxy) is 1. The fourth-order valence-electron chi connectivity index (χ4n) is 0.0295. The molecule has 0 saturated carbocycles. The van der Waals surface area contributed by atoms with E-state index >= 15 is 0 Å². The normalized spacial score (nSPS) is 37.4. The lowest BCUT2D eigenvalue weighted by atomic mass is 10.7. The third kappa shape index (κ3) is 3.92. The van der Waals surface area contributed by atoms with Gasteiger partial charge in [0.05, 0.1) is 13.4 Å². The Balaban J connectivity index is 4.44. The first kappa shape index (κ1) is 0.634. The molecule has 0 bridgehead atoms. The summed E-state index contributed by atoms with van der Waals surface area (Å²) >= 11 is 0. The standard InChI is InChI=1S/C3H9NO/c1-5-3-2-4/h2-4H2,1H3/i1D3,2D2,3D2. The van der Waals surface area contributed by atoms with E-state index in [1.807, 2.05) is 0 Å². The van der Waals surface area contributed by atoms with Crippen LogP contribution in [0.25, 0.3) is 0 Å². The zero-order valence-corrected chi connectivity index (χ0v) is 2.49. The maximum absolute atomic E-state index is 6.82. The van der Waals surface area contributed by atoms with Gasteiger partial charge in [-0.05, 0) is 0 Å². The van der Waals surface area contributed by atoms with E-state index < -0.39 is 20.1 Å². The Bertz CT molecular complexity index is 157. The van der Waals surface area contributed by atoms with Gasteiger partial charge in [0.2, 0.25) is 0 Å². The summed E-state index contributed by atoms with van der Waals surface area (Å²) in [4.78, 5) is 0. The molecule has 0 amide bonds. The first-order chi connectivity index (χ1) is 4.96. The van der Waals surface area contributed by atoms with Gasteiger partial charge in [-0.3, -0.25) is 0 Å². The molecule has 0 aromatic carbocycles. The number of hydrogen-bond donors (Lipinski definition) is 1. The van der Waals surface area contributed by atoms with E-state index in [1.165, 1.54) is 0 Å². The highest BCUT2D eigenvalue weighted by molar-refractivity contribution is 4.22. The molecular formula is C3H9NO. The summed E-state index contributed by atoms with van der Waals surface area (Å²) in [5.74, 6) is 0. The van der Waals surface area contributed by atoms with Crippen molar-refractivity contribution in [2.24, 2.45) is 5.73 Å². The summed E-state index contributed by atoms with van der Waals surface area (Å²) in [7, 11) is -3.00. The number of rotatable bonds is 2. The molecule has 2 heteroatoms. The zero-order valence-electron chi connectivity index (χ0n) is 9.49. The zero-order chi connectivity index (χ0) is 10.2. The largest absolute Gasteiger partial charge is 0.383 e. The summed E-state index contributed by atoms with van der Waals surface area (Å²) in [5.41, 5.74) is 4.70. The fraction of sp³-hybridized carbons (Fsp3) is 1.00. The van der Waals surface area contributed by atoms with Crippen LogP contribution >= 0.6 is 0 Å². The first-order valence-corrected chi connectivity index (χ1v) is 0.947. The molecule has 0 fully saturated rings. The second kappa shape index (κ2) is 3.92. The molecule has 2 nitrogen and oxygen atoms in total. The molecule has 0 aromatic heterocycles. The second-order valence-electron chi connectivity index (χ2n) is 0.348. The fourth-order valence-corrected chi connectivity index (χ4v) is 0.0295. The molecule has 0 heterocycles. The third-order valence-corrected chi connectivity index (χ3v) is 0.110. The summed E-state index contributed by atoms with van der Waals surface area (Å²) in [6.45, 7) is -5.88. The Labute approximate surface area is 41.8 Å². The average molecular weight is 82.2 g/mol. The molecule has 0 atom stereocenters. The topological polar surface area (TPSA) is 35.2 Å². The van der Waals surface area contributed by atoms with Crippen LogP contribution in [0.5, 0.6) is 0 Å². The lowest BCUT2D eigenvalue weighted by Gasteiger charge is -1.85. The lowest BCUT2D eigenvalue weighted by molar-refractivity contribution is 0.207. The van der Waals surface area contributed by atoms with Crippen LogP contribution < -0.4 is 5.73 Å². The van der Waals surface area contributed by atoms with Gasteiger partial charge in [-0.15, -0.1) is 0 Å². The molecule has 0 aliphatic heterocycles. The number of nitrogens with two attached hydrogens (primary N) is 1. The van der Waals surface area contributed by atoms with Gasteiger partial charge >= 0.3 is 0 Å². The van der Waals surface area contributed by atoms with Crippen LogP contribution in [-0.2, 0) is 4.74 Å². The molecular weight excluding hydrogens is 66.0 g/mol. The van der Waals surface area contributed by atoms with Crippen molar-refractivity contribution >= 4 is 0 Å². The minimum Gasteiger partial charge on any atom is -0.383 e. The van der Waals surface area contributed by atoms with Crippen molar-refractivity contribution in [3.05, 3.63) is 0 Å². The summed E-state index contributed by atoms with van der Waals surface area (Å²) < 4.78 is 50.4. The Morgan fingerprint density at radius 1 is 2.40 bits per heavy atom. The minimum absolute atomic E-state index is 2.85. The third-order valence-electron chi connectivity index (χ3n) is 0.110. The highest BCUT2D eigenvalue weighted by Crippen LogP contribution is 1.53. The molecule has 0 aromatic rings. The van der Waals surface area contributed by atoms with Crippen LogP contribution in [0.2, 0.25) is 0 Å². The van der Waals surface area contributed by atoms with E-state index in [4.69, 9.17) is 15.3 Å². The van der Waals surface area contributed by atoms with Gasteiger partial charge in [0.1, 0.15) is 0 Å². The van der Waals surface area contributed by atoms with Crippen molar-refractivity contribution in [1.82, 2.24) is 0 Å². The number of hydrogen-bond acceptors (Lipinski definition) is 2. The molecule has 0 unspecified atom stereocenters. The average Bonchev–Trinajstić information content (AvgIpc) is 1.52. The molecule has 0 spiro atoms. The Kier molecular flexibility index (Phi) is 0.497. The predicted molar refractivity (Wildman–Crippen MR) is 20.9 cm³/mol. The van der Waals surface area contributed by atoms with Crippen molar-refractivity contribution < 1.29 is 14.3 Å². The van der Waals surface area contributed by atoms with Gasteiger partial charge in [-0.1, -0.05) is 0 Å². The Hall–Kier alpha value is -0.0800. The van der Waals surface area contributed by atoms with E-state index in [9.17, 15) is 0 Å². The summed E-state index contributed by atoms with van der Waals surface area (Å²) in [6, 6.07) is 0. The highest BCUT2D eigenvalue weighted by Gasteiger charge is 1.65. The van der Waals surface area contributed by atoms with Gasteiger partial charge in [0, 0.05) is 16.3 Å². The van der Waals surface area contributed by atoms with Crippen LogP contribution in [0.3, 0.4) is 0 Å². The van der Waals surface area contributed by atoms with E-state index in [0.717, 1.165) is 0 Å². The van der Waals surface area contributed by atoms with Crippen molar-refractivity contribution in [1.29, 1.82) is 0 Å². The summed E-state index contributed by atoms with van der Waals surface area (Å²) in [5, 5.41) is 0. The van der Waals surface area contributed by atoms with Crippen LogP contribution in [0.4, 0.5) is 0 Å². The van der Waals surface area contributed by atoms with Gasteiger partial charge in [0.25, 0.3) is 0 Å². The van der Waals surface area contributed by atoms with Crippen LogP contribution in [-0.4, -0.2) is 20.1 Å². The second-order valence-corrected chi connectivity index (χ2v) is 0.348. The smallest absolute Gasteiger partial charge is 0.0584 e. The van der Waals surface area contributed by atoms with E-state index in [-0.39, 0.29) is 0 Å². The Morgan fingerprint density at radius 3 is 3.40 bits per heavy atom. The van der Waals surface area contributed by atoms with Crippen molar-refractivity contribution in [3.8, 4) is 0 Å². The number of methoxy groups -OCH3 is 1. The minimum atomic E-state index is -3.03. The van der Waals surface area contributed by atoms with Crippen molar-refractivity contribution in [3.63, 3.8) is 0 Å². The highest BCUT2D eigenvalue weighted by atomic mass is 16.5. The van der Waals surface area contributed by atoms with Gasteiger partial charge in [-0.2, -0.15) is 0 Å². The predicted octanol–water partition coefficient (Wildman–Crippen LogP) is -0.408. The SMILES string of the molecule is [2H]C([2H])([2H])OC([2H])([2H])C([2H])([2H])N. The summed E-state index contributed by atoms with van der Waals surface area (Å²) in [6.07, 6.45) is 0. The molecule has 0 aliphatic rings. The monoisotopic (exact) mass is 82.1 g/mol. The quantitative estimate of drug-likeness (QED) is 0.491. The van der Waals surface area contributed by atoms with Gasteiger partial charge < -0.3 is 10.5 Å². The maximum atomic E-state index is 6.82. The molecule has 0 rings (SSSR count). The molecule has 0 aliphatic carbocycles. The lowest BCUT2D eigenvalue weighted by Crippen LogP contribution is -2.05. The van der Waals surface area contributed by atoms with Crippen LogP contribution in [0.15, 0.2) is 0 Å². The maximum Gasteiger partial charge on any atom is 0.0584 e. The van der Waals surface area contributed by atoms with E-state index in [2.05, 4.69) is 4.74 Å². The first-order valence-electron chi connectivity index (χ1n) is 4.45. The van der Waals surface area contributed by atoms with E-state index in [1.54, 1.807) is 0 Å². The van der Waals surface area contributed by atoms with E-state index in [0.29, 0.717) is 0 Å². The molecule has 32 valence electrons. The molecule has 2 N–H and O–H groups in total. The van der Waals surface area contributed by atoms with Crippen LogP contribution in [0.1, 0.15) is 9.60 Å². The van der Waals surface area contributed by atoms with Crippen LogP contribution in [0, 0.1) is 0 Å². The van der Waals surface area contributed by atoms with Crippen molar-refractivity contribution in [2.45, 2.75) is 0 Å².